The fraction of sp³-hybridized carbons (Fsp3) is 0.500. The molecule has 1 aromatic carbocycles. The first-order chi connectivity index (χ1) is 9.30. The molecule has 2 rings (SSSR count). The molecule has 1 amide bonds. The van der Waals surface area contributed by atoms with Crippen LogP contribution in [0.3, 0.4) is 0 Å². The van der Waals surface area contributed by atoms with E-state index in [4.69, 9.17) is 0 Å². The fourth-order valence-electron chi connectivity index (χ4n) is 2.54. The van der Waals surface area contributed by atoms with Crippen LogP contribution in [-0.4, -0.2) is 23.9 Å². The number of carbonyl (C=O) groups is 1. The lowest BCUT2D eigenvalue weighted by molar-refractivity contribution is -0.140. The first kappa shape index (κ1) is 14.8. The summed E-state index contributed by atoms with van der Waals surface area (Å²) in [4.78, 5) is 13.6. The van der Waals surface area contributed by atoms with Crippen LogP contribution in [0.5, 0.6) is 0 Å². The van der Waals surface area contributed by atoms with Crippen molar-refractivity contribution in [1.82, 2.24) is 4.90 Å². The van der Waals surface area contributed by atoms with Gasteiger partial charge in [-0.1, -0.05) is 12.8 Å². The van der Waals surface area contributed by atoms with Crippen LogP contribution in [0, 0.1) is 5.82 Å². The predicted octanol–water partition coefficient (Wildman–Crippen LogP) is 3.86. The van der Waals surface area contributed by atoms with E-state index in [0.29, 0.717) is 12.1 Å². The van der Waals surface area contributed by atoms with Crippen LogP contribution < -0.4 is 0 Å². The van der Waals surface area contributed by atoms with Crippen molar-refractivity contribution in [3.63, 3.8) is 0 Å². The maximum atomic E-state index is 13.5. The molecule has 110 valence electrons. The maximum absolute atomic E-state index is 13.5. The second-order valence-corrected chi connectivity index (χ2v) is 5.05. The Morgan fingerprint density at radius 2 is 1.85 bits per heavy atom. The Morgan fingerprint density at radius 3 is 2.35 bits per heavy atom. The normalized spacial score (nSPS) is 16.4. The number of benzene rings is 1. The van der Waals surface area contributed by atoms with Crippen molar-refractivity contribution < 1.29 is 22.4 Å². The molecular weight excluding hydrogens is 274 g/mol. The van der Waals surface area contributed by atoms with E-state index >= 15 is 0 Å². The Bertz CT molecular complexity index is 506. The smallest absolute Gasteiger partial charge is 0.339 e. The number of hydrogen-bond acceptors (Lipinski definition) is 1. The summed E-state index contributed by atoms with van der Waals surface area (Å²) in [5.41, 5.74) is -1.40. The molecule has 0 heterocycles. The summed E-state index contributed by atoms with van der Waals surface area (Å²) in [5.74, 6) is -1.85. The lowest BCUT2D eigenvalue weighted by atomic mass is 10.1. The monoisotopic (exact) mass is 289 g/mol. The molecule has 1 saturated carbocycles. The standard InChI is InChI=1S/C14H15F4NO/c1-19(10-4-2-3-5-10)13(20)9-6-7-11(12(15)8-9)14(16,17)18/h6-8,10H,2-5H2,1H3. The van der Waals surface area contributed by atoms with Crippen LogP contribution in [0.15, 0.2) is 18.2 Å². The predicted molar refractivity (Wildman–Crippen MR) is 65.8 cm³/mol. The van der Waals surface area contributed by atoms with Crippen molar-refractivity contribution in [2.75, 3.05) is 7.05 Å². The molecule has 0 unspecified atom stereocenters. The SMILES string of the molecule is CN(C(=O)c1ccc(C(F)(F)F)c(F)c1)C1CCCC1. The largest absolute Gasteiger partial charge is 0.419 e. The maximum Gasteiger partial charge on any atom is 0.419 e. The minimum Gasteiger partial charge on any atom is -0.339 e. The van der Waals surface area contributed by atoms with E-state index in [-0.39, 0.29) is 11.6 Å². The number of hydrogen-bond donors (Lipinski definition) is 0. The Hall–Kier alpha value is -1.59. The zero-order valence-corrected chi connectivity index (χ0v) is 11.0. The minimum absolute atomic E-state index is 0.0510. The van der Waals surface area contributed by atoms with E-state index in [0.717, 1.165) is 31.7 Å². The van der Waals surface area contributed by atoms with Gasteiger partial charge in [-0.2, -0.15) is 13.2 Å². The third kappa shape index (κ3) is 2.94. The number of alkyl halides is 3. The number of halogens is 4. The van der Waals surface area contributed by atoms with E-state index in [1.165, 1.54) is 4.90 Å². The minimum atomic E-state index is -4.75. The molecule has 1 aliphatic carbocycles. The van der Waals surface area contributed by atoms with Gasteiger partial charge in [0.25, 0.3) is 5.91 Å². The first-order valence-corrected chi connectivity index (χ1v) is 6.44. The van der Waals surface area contributed by atoms with Crippen molar-refractivity contribution in [2.45, 2.75) is 37.9 Å². The van der Waals surface area contributed by atoms with E-state index in [9.17, 15) is 22.4 Å². The average molecular weight is 289 g/mol. The van der Waals surface area contributed by atoms with Crippen LogP contribution in [0.4, 0.5) is 17.6 Å². The molecule has 0 aromatic heterocycles. The second-order valence-electron chi connectivity index (χ2n) is 5.05. The van der Waals surface area contributed by atoms with Gasteiger partial charge < -0.3 is 4.90 Å². The molecule has 1 fully saturated rings. The average Bonchev–Trinajstić information content (AvgIpc) is 2.89. The zero-order valence-electron chi connectivity index (χ0n) is 11.0. The number of rotatable bonds is 2. The molecule has 0 bridgehead atoms. The van der Waals surface area contributed by atoms with Gasteiger partial charge in [0.2, 0.25) is 0 Å². The Balaban J connectivity index is 2.20. The van der Waals surface area contributed by atoms with Gasteiger partial charge in [0.15, 0.2) is 0 Å². The summed E-state index contributed by atoms with van der Waals surface area (Å²) in [6, 6.07) is 2.40. The number of nitrogens with zero attached hydrogens (tertiary/aromatic N) is 1. The number of amides is 1. The molecule has 6 heteroatoms. The molecule has 0 radical (unpaired) electrons. The fourth-order valence-corrected chi connectivity index (χ4v) is 2.54. The Labute approximate surface area is 114 Å². The molecule has 0 N–H and O–H groups in total. The van der Waals surface area contributed by atoms with Crippen molar-refractivity contribution >= 4 is 5.91 Å². The highest BCUT2D eigenvalue weighted by atomic mass is 19.4. The van der Waals surface area contributed by atoms with Crippen molar-refractivity contribution in [3.05, 3.63) is 35.1 Å². The van der Waals surface area contributed by atoms with Crippen molar-refractivity contribution in [2.24, 2.45) is 0 Å². The highest BCUT2D eigenvalue weighted by molar-refractivity contribution is 5.94. The Morgan fingerprint density at radius 1 is 1.25 bits per heavy atom. The van der Waals surface area contributed by atoms with Crippen LogP contribution in [0.25, 0.3) is 0 Å². The molecule has 2 nitrogen and oxygen atoms in total. The lowest BCUT2D eigenvalue weighted by Crippen LogP contribution is -2.35. The van der Waals surface area contributed by atoms with Crippen LogP contribution in [0.1, 0.15) is 41.6 Å². The second kappa shape index (κ2) is 5.42. The highest BCUT2D eigenvalue weighted by Crippen LogP contribution is 2.32. The molecule has 1 aromatic rings. The number of carbonyl (C=O) groups excluding carboxylic acids is 1. The van der Waals surface area contributed by atoms with Crippen LogP contribution >= 0.6 is 0 Å². The summed E-state index contributed by atoms with van der Waals surface area (Å²) in [6.07, 6.45) is -0.924. The molecule has 20 heavy (non-hydrogen) atoms. The van der Waals surface area contributed by atoms with Gasteiger partial charge in [-0.3, -0.25) is 4.79 Å². The van der Waals surface area contributed by atoms with E-state index in [1.807, 2.05) is 0 Å². The summed E-state index contributed by atoms with van der Waals surface area (Å²) in [6.45, 7) is 0. The topological polar surface area (TPSA) is 20.3 Å². The highest BCUT2D eigenvalue weighted by Gasteiger charge is 2.34. The van der Waals surface area contributed by atoms with Gasteiger partial charge in [-0.25, -0.2) is 4.39 Å². The van der Waals surface area contributed by atoms with E-state index < -0.39 is 23.5 Å². The molecule has 1 aliphatic rings. The quantitative estimate of drug-likeness (QED) is 0.757. The van der Waals surface area contributed by atoms with Crippen molar-refractivity contribution in [3.8, 4) is 0 Å². The molecule has 0 saturated heterocycles. The molecular formula is C14H15F4NO. The van der Waals surface area contributed by atoms with Gasteiger partial charge in [-0.05, 0) is 31.0 Å². The summed E-state index contributed by atoms with van der Waals surface area (Å²) in [5, 5.41) is 0. The summed E-state index contributed by atoms with van der Waals surface area (Å²) >= 11 is 0. The van der Waals surface area contributed by atoms with E-state index in [1.54, 1.807) is 7.05 Å². The Kier molecular flexibility index (Phi) is 4.01. The van der Waals surface area contributed by atoms with Gasteiger partial charge in [0.1, 0.15) is 5.82 Å². The van der Waals surface area contributed by atoms with E-state index in [2.05, 4.69) is 0 Å². The molecule has 0 spiro atoms. The third-order valence-corrected chi connectivity index (χ3v) is 3.71. The van der Waals surface area contributed by atoms with Crippen LogP contribution in [0.2, 0.25) is 0 Å². The van der Waals surface area contributed by atoms with Crippen LogP contribution in [-0.2, 0) is 6.18 Å². The molecule has 0 atom stereocenters. The third-order valence-electron chi connectivity index (χ3n) is 3.71. The first-order valence-electron chi connectivity index (χ1n) is 6.44. The zero-order chi connectivity index (χ0) is 14.9. The lowest BCUT2D eigenvalue weighted by Gasteiger charge is -2.24. The van der Waals surface area contributed by atoms with Gasteiger partial charge in [-0.15, -0.1) is 0 Å². The van der Waals surface area contributed by atoms with Gasteiger partial charge >= 0.3 is 6.18 Å². The summed E-state index contributed by atoms with van der Waals surface area (Å²) < 4.78 is 50.8. The summed E-state index contributed by atoms with van der Waals surface area (Å²) in [7, 11) is 1.61. The molecule has 0 aliphatic heterocycles. The van der Waals surface area contributed by atoms with Gasteiger partial charge in [0, 0.05) is 18.7 Å². The van der Waals surface area contributed by atoms with Crippen molar-refractivity contribution in [1.29, 1.82) is 0 Å². The van der Waals surface area contributed by atoms with Gasteiger partial charge in [0.05, 0.1) is 5.56 Å².